The first-order valence-electron chi connectivity index (χ1n) is 10.2. The van der Waals surface area contributed by atoms with Crippen LogP contribution in [0.4, 0.5) is 26.3 Å². The molecule has 0 spiro atoms. The van der Waals surface area contributed by atoms with Crippen LogP contribution in [0.1, 0.15) is 49.1 Å². The molecule has 172 valence electrons. The number of aromatic nitrogens is 3. The van der Waals surface area contributed by atoms with Gasteiger partial charge in [-0.2, -0.15) is 36.0 Å². The van der Waals surface area contributed by atoms with Crippen molar-refractivity contribution in [1.82, 2.24) is 14.2 Å². The van der Waals surface area contributed by atoms with Crippen LogP contribution in [-0.2, 0) is 7.05 Å². The van der Waals surface area contributed by atoms with Gasteiger partial charge in [0.1, 0.15) is 5.65 Å². The van der Waals surface area contributed by atoms with E-state index in [1.807, 2.05) is 0 Å². The van der Waals surface area contributed by atoms with E-state index in [0.717, 1.165) is 6.08 Å². The van der Waals surface area contributed by atoms with Crippen LogP contribution in [-0.4, -0.2) is 26.5 Å². The first-order valence-corrected chi connectivity index (χ1v) is 10.2. The molecule has 2 aliphatic rings. The van der Waals surface area contributed by atoms with E-state index >= 15 is 0 Å². The molecule has 1 atom stereocenters. The average Bonchev–Trinajstić information content (AvgIpc) is 3.07. The second-order valence-corrected chi connectivity index (χ2v) is 8.25. The molecule has 2 aromatic rings. The molecule has 0 aromatic carbocycles. The molecule has 0 fully saturated rings. The van der Waals surface area contributed by atoms with Crippen LogP contribution < -0.4 is 5.56 Å². The van der Waals surface area contributed by atoms with Gasteiger partial charge in [-0.05, 0) is 50.2 Å². The number of halogens is 6. The van der Waals surface area contributed by atoms with Crippen molar-refractivity contribution in [3.8, 4) is 0 Å². The third-order valence-electron chi connectivity index (χ3n) is 6.22. The lowest BCUT2D eigenvalue weighted by molar-refractivity contribution is -0.175. The quantitative estimate of drug-likeness (QED) is 0.539. The van der Waals surface area contributed by atoms with Gasteiger partial charge in [0, 0.05) is 24.3 Å². The fraction of sp³-hybridized carbons (Fsp3) is 0.455. The van der Waals surface area contributed by atoms with Crippen LogP contribution in [0.15, 0.2) is 34.7 Å². The Bertz CT molecular complexity index is 1220. The van der Waals surface area contributed by atoms with E-state index < -0.39 is 29.4 Å². The van der Waals surface area contributed by atoms with Crippen LogP contribution in [0.25, 0.3) is 16.8 Å². The van der Waals surface area contributed by atoms with Gasteiger partial charge in [-0.1, -0.05) is 18.2 Å². The Morgan fingerprint density at radius 1 is 1.03 bits per heavy atom. The minimum Gasteiger partial charge on any atom is -0.328 e. The number of alkyl halides is 6. The number of hydrogen-bond acceptors (Lipinski definition) is 2. The third-order valence-corrected chi connectivity index (χ3v) is 6.22. The Kier molecular flexibility index (Phi) is 5.37. The maximum atomic E-state index is 13.0. The van der Waals surface area contributed by atoms with Crippen molar-refractivity contribution in [2.45, 2.75) is 51.4 Å². The molecule has 0 saturated heterocycles. The zero-order chi connectivity index (χ0) is 23.4. The summed E-state index contributed by atoms with van der Waals surface area (Å²) in [4.78, 5) is 12.7. The Hall–Kier alpha value is -2.78. The molecule has 10 heteroatoms. The summed E-state index contributed by atoms with van der Waals surface area (Å²) in [7, 11) is 1.69. The Morgan fingerprint density at radius 3 is 2.28 bits per heavy atom. The average molecular weight is 457 g/mol. The summed E-state index contributed by atoms with van der Waals surface area (Å²) < 4.78 is 80.9. The summed E-state index contributed by atoms with van der Waals surface area (Å²) in [5.74, 6) is -1.40. The smallest absolute Gasteiger partial charge is 0.328 e. The van der Waals surface area contributed by atoms with Gasteiger partial charge in [-0.15, -0.1) is 0 Å². The van der Waals surface area contributed by atoms with Crippen molar-refractivity contribution in [2.75, 3.05) is 0 Å². The molecule has 0 bridgehead atoms. The Morgan fingerprint density at radius 2 is 1.75 bits per heavy atom. The van der Waals surface area contributed by atoms with Gasteiger partial charge in [0.15, 0.2) is 0 Å². The molecule has 2 heterocycles. The molecule has 1 unspecified atom stereocenters. The zero-order valence-corrected chi connectivity index (χ0v) is 17.4. The lowest BCUT2D eigenvalue weighted by atomic mass is 9.87. The molecule has 0 radical (unpaired) electrons. The van der Waals surface area contributed by atoms with Gasteiger partial charge in [-0.25, -0.2) is 0 Å². The van der Waals surface area contributed by atoms with Crippen LogP contribution in [0.2, 0.25) is 0 Å². The largest absolute Gasteiger partial charge is 0.412 e. The maximum Gasteiger partial charge on any atom is 0.412 e. The van der Waals surface area contributed by atoms with Gasteiger partial charge in [-0.3, -0.25) is 4.79 Å². The summed E-state index contributed by atoms with van der Waals surface area (Å²) in [5.41, 5.74) is 2.21. The summed E-state index contributed by atoms with van der Waals surface area (Å²) in [5, 5.41) is 4.28. The van der Waals surface area contributed by atoms with Crippen molar-refractivity contribution in [2.24, 2.45) is 13.0 Å². The standard InChI is InChI=1S/C22H21F6N3O/c1-12-19(14-5-9-16(10-6-14)22(26,27)28)20-30(2)17(11-18(32)31(20)29-12)13-3-7-15(8-4-13)21(23,24)25/h3,5,9,11,15H,4,6-8,10H2,1-2H3. The van der Waals surface area contributed by atoms with Crippen LogP contribution in [0, 0.1) is 12.8 Å². The summed E-state index contributed by atoms with van der Waals surface area (Å²) in [6, 6.07) is 1.35. The summed E-state index contributed by atoms with van der Waals surface area (Å²) in [6.07, 6.45) is -4.75. The van der Waals surface area contributed by atoms with Gasteiger partial charge in [0.05, 0.1) is 17.3 Å². The summed E-state index contributed by atoms with van der Waals surface area (Å²) >= 11 is 0. The normalized spacial score (nSPS) is 20.2. The number of fused-ring (bicyclic) bond motifs is 1. The molecule has 2 aliphatic carbocycles. The fourth-order valence-corrected chi connectivity index (χ4v) is 4.50. The topological polar surface area (TPSA) is 39.3 Å². The van der Waals surface area contributed by atoms with Gasteiger partial charge in [0.2, 0.25) is 0 Å². The molecular formula is C22H21F6N3O. The highest BCUT2D eigenvalue weighted by Gasteiger charge is 2.40. The molecule has 0 saturated carbocycles. The predicted octanol–water partition coefficient (Wildman–Crippen LogP) is 5.75. The van der Waals surface area contributed by atoms with E-state index in [-0.39, 0.29) is 32.1 Å². The minimum atomic E-state index is -4.39. The molecule has 32 heavy (non-hydrogen) atoms. The maximum absolute atomic E-state index is 13.0. The molecular weight excluding hydrogens is 436 g/mol. The minimum absolute atomic E-state index is 0.0595. The van der Waals surface area contributed by atoms with E-state index in [1.165, 1.54) is 22.7 Å². The van der Waals surface area contributed by atoms with Crippen molar-refractivity contribution in [3.63, 3.8) is 0 Å². The van der Waals surface area contributed by atoms with E-state index in [1.54, 1.807) is 18.5 Å². The highest BCUT2D eigenvalue weighted by molar-refractivity contribution is 5.81. The lowest BCUT2D eigenvalue weighted by Crippen LogP contribution is -2.25. The van der Waals surface area contributed by atoms with Gasteiger partial charge >= 0.3 is 12.4 Å². The number of allylic oxidation sites excluding steroid dienone is 6. The zero-order valence-electron chi connectivity index (χ0n) is 17.4. The van der Waals surface area contributed by atoms with Crippen molar-refractivity contribution in [1.29, 1.82) is 0 Å². The van der Waals surface area contributed by atoms with Crippen LogP contribution in [0.5, 0.6) is 0 Å². The lowest BCUT2D eigenvalue weighted by Gasteiger charge is -2.25. The molecule has 0 aliphatic heterocycles. The van der Waals surface area contributed by atoms with Gasteiger partial charge < -0.3 is 4.57 Å². The predicted molar refractivity (Wildman–Crippen MR) is 108 cm³/mol. The molecule has 2 aromatic heterocycles. The van der Waals surface area contributed by atoms with E-state index in [4.69, 9.17) is 0 Å². The monoisotopic (exact) mass is 457 g/mol. The van der Waals surface area contributed by atoms with E-state index in [0.29, 0.717) is 33.7 Å². The third kappa shape index (κ3) is 3.91. The number of hydrogen-bond donors (Lipinski definition) is 0. The Balaban J connectivity index is 1.81. The second kappa shape index (κ2) is 7.67. The second-order valence-electron chi connectivity index (χ2n) is 8.25. The Labute approximate surface area is 179 Å². The van der Waals surface area contributed by atoms with E-state index in [2.05, 4.69) is 5.10 Å². The SMILES string of the molecule is Cc1nn2c(=O)cc(C3=CCC(C(F)(F)F)CC3)n(C)c2c1C1=CC=C(C(F)(F)F)CC1. The molecule has 0 amide bonds. The van der Waals surface area contributed by atoms with Gasteiger partial charge in [0.25, 0.3) is 5.56 Å². The van der Waals surface area contributed by atoms with E-state index in [9.17, 15) is 31.1 Å². The summed E-state index contributed by atoms with van der Waals surface area (Å²) in [6.45, 7) is 1.68. The highest BCUT2D eigenvalue weighted by Crippen LogP contribution is 2.40. The number of rotatable bonds is 2. The highest BCUT2D eigenvalue weighted by atomic mass is 19.4. The molecule has 4 nitrogen and oxygen atoms in total. The first kappa shape index (κ1) is 22.4. The van der Waals surface area contributed by atoms with Crippen LogP contribution >= 0.6 is 0 Å². The fourth-order valence-electron chi connectivity index (χ4n) is 4.50. The number of nitrogens with zero attached hydrogens (tertiary/aromatic N) is 3. The van der Waals surface area contributed by atoms with Crippen molar-refractivity contribution >= 4 is 16.8 Å². The van der Waals surface area contributed by atoms with Crippen molar-refractivity contribution in [3.05, 3.63) is 57.2 Å². The first-order chi connectivity index (χ1) is 14.9. The molecule has 4 rings (SSSR count). The van der Waals surface area contributed by atoms with Crippen LogP contribution in [0.3, 0.4) is 0 Å². The number of aryl methyl sites for hydroxylation is 2. The van der Waals surface area contributed by atoms with Crippen molar-refractivity contribution < 1.29 is 26.3 Å². The molecule has 0 N–H and O–H groups in total.